The summed E-state index contributed by atoms with van der Waals surface area (Å²) in [5, 5.41) is 17.2. The summed E-state index contributed by atoms with van der Waals surface area (Å²) in [6.07, 6.45) is 2.06. The molecule has 0 saturated heterocycles. The highest BCUT2D eigenvalue weighted by Gasteiger charge is 2.01. The average molecular weight is 727 g/mol. The molecule has 53 heavy (non-hydrogen) atoms. The molecule has 4 rings (SSSR count). The van der Waals surface area contributed by atoms with Gasteiger partial charge in [0.2, 0.25) is 0 Å². The van der Waals surface area contributed by atoms with Gasteiger partial charge in [-0.2, -0.15) is 20.5 Å². The predicted octanol–water partition coefficient (Wildman–Crippen LogP) is 10.9. The number of hydrogen-bond acceptors (Lipinski definition) is 11. The monoisotopic (exact) mass is 726 g/mol. The Labute approximate surface area is 314 Å². The molecule has 0 aliphatic rings. The van der Waals surface area contributed by atoms with Gasteiger partial charge in [-0.05, 0) is 122 Å². The van der Waals surface area contributed by atoms with Crippen LogP contribution in [0.4, 0.5) is 22.7 Å². The van der Waals surface area contributed by atoms with E-state index < -0.39 is 0 Å². The second-order valence-electron chi connectivity index (χ2n) is 13.0. The van der Waals surface area contributed by atoms with E-state index in [1.165, 1.54) is 0 Å². The number of rotatable bonds is 26. The van der Waals surface area contributed by atoms with E-state index in [2.05, 4.69) is 48.2 Å². The van der Waals surface area contributed by atoms with Crippen LogP contribution in [0.2, 0.25) is 0 Å². The minimum absolute atomic E-state index is 0.436. The lowest BCUT2D eigenvalue weighted by atomic mass is 10.1. The van der Waals surface area contributed by atoms with E-state index in [4.69, 9.17) is 33.2 Å². The lowest BCUT2D eigenvalue weighted by Crippen LogP contribution is -2.14. The van der Waals surface area contributed by atoms with Gasteiger partial charge in [-0.3, -0.25) is 0 Å². The third kappa shape index (κ3) is 18.0. The van der Waals surface area contributed by atoms with Crippen LogP contribution in [0.3, 0.4) is 0 Å². The summed E-state index contributed by atoms with van der Waals surface area (Å²) in [7, 11) is 0. The lowest BCUT2D eigenvalue weighted by Gasteiger charge is -2.09. The zero-order valence-electron chi connectivity index (χ0n) is 31.5. The summed E-state index contributed by atoms with van der Waals surface area (Å²) in [4.78, 5) is 0. The van der Waals surface area contributed by atoms with E-state index in [0.29, 0.717) is 77.9 Å². The van der Waals surface area contributed by atoms with Crippen LogP contribution in [0.25, 0.3) is 0 Å². The molecular weight excluding hydrogens is 672 g/mol. The molecule has 0 atom stereocenters. The average Bonchev–Trinajstić information content (AvgIpc) is 3.16. The van der Waals surface area contributed by atoms with Crippen LogP contribution >= 0.6 is 0 Å². The maximum Gasteiger partial charge on any atom is 0.119 e. The Bertz CT molecular complexity index is 1470. The summed E-state index contributed by atoms with van der Waals surface area (Å²) >= 11 is 0. The molecule has 0 unspecified atom stereocenters. The van der Waals surface area contributed by atoms with Crippen LogP contribution in [-0.4, -0.2) is 66.1 Å². The predicted molar refractivity (Wildman–Crippen MR) is 207 cm³/mol. The standard InChI is InChI=1S/C42H54N4O7/c1-33(2)21-23-50-39-13-5-35(6-14-39)43-45-37-9-17-41(18-10-37)52-31-29-48-27-25-47-26-28-49-30-32-53-42-19-11-38(12-20-42)46-44-36-7-15-40(16-8-36)51-24-22-34(3)4/h5-20,33-34H,21-32H2,1-4H3. The topological polar surface area (TPSA) is 114 Å². The Morgan fingerprint density at radius 3 is 0.792 bits per heavy atom. The van der Waals surface area contributed by atoms with Gasteiger partial charge < -0.3 is 33.2 Å². The van der Waals surface area contributed by atoms with Gasteiger partial charge in [-0.1, -0.05) is 27.7 Å². The Morgan fingerprint density at radius 2 is 0.547 bits per heavy atom. The van der Waals surface area contributed by atoms with Gasteiger partial charge in [0.1, 0.15) is 36.2 Å². The normalized spacial score (nSPS) is 11.6. The second-order valence-corrected chi connectivity index (χ2v) is 13.0. The quantitative estimate of drug-likeness (QED) is 0.0467. The van der Waals surface area contributed by atoms with Gasteiger partial charge in [0.15, 0.2) is 0 Å². The highest BCUT2D eigenvalue weighted by Crippen LogP contribution is 2.25. The Balaban J connectivity index is 0.955. The molecule has 0 saturated carbocycles. The number of ether oxygens (including phenoxy) is 7. The van der Waals surface area contributed by atoms with Gasteiger partial charge in [0.05, 0.1) is 75.6 Å². The summed E-state index contributed by atoms with van der Waals surface area (Å²) in [6, 6.07) is 30.2. The van der Waals surface area contributed by atoms with E-state index in [0.717, 1.165) is 58.6 Å². The first-order valence-corrected chi connectivity index (χ1v) is 18.4. The van der Waals surface area contributed by atoms with E-state index in [-0.39, 0.29) is 0 Å². The molecule has 0 aromatic heterocycles. The minimum Gasteiger partial charge on any atom is -0.494 e. The molecule has 11 heteroatoms. The Hall–Kier alpha value is -4.84. The molecule has 0 amide bonds. The van der Waals surface area contributed by atoms with E-state index in [1.54, 1.807) is 0 Å². The minimum atomic E-state index is 0.436. The fraction of sp³-hybridized carbons (Fsp3) is 0.429. The number of azo groups is 2. The van der Waals surface area contributed by atoms with Crippen LogP contribution in [0.5, 0.6) is 23.0 Å². The summed E-state index contributed by atoms with van der Waals surface area (Å²) in [5.74, 6) is 4.41. The van der Waals surface area contributed by atoms with Crippen molar-refractivity contribution < 1.29 is 33.2 Å². The highest BCUT2D eigenvalue weighted by molar-refractivity contribution is 5.45. The van der Waals surface area contributed by atoms with Gasteiger partial charge in [-0.25, -0.2) is 0 Å². The van der Waals surface area contributed by atoms with Gasteiger partial charge >= 0.3 is 0 Å². The fourth-order valence-corrected chi connectivity index (χ4v) is 4.47. The van der Waals surface area contributed by atoms with Crippen LogP contribution < -0.4 is 18.9 Å². The number of hydrogen-bond donors (Lipinski definition) is 0. The molecule has 0 N–H and O–H groups in total. The molecule has 0 aliphatic carbocycles. The van der Waals surface area contributed by atoms with Crippen molar-refractivity contribution in [1.29, 1.82) is 0 Å². The van der Waals surface area contributed by atoms with Gasteiger partial charge in [0.25, 0.3) is 0 Å². The molecular formula is C42H54N4O7. The summed E-state index contributed by atoms with van der Waals surface area (Å²) in [5.41, 5.74) is 3.01. The Morgan fingerprint density at radius 1 is 0.321 bits per heavy atom. The molecule has 284 valence electrons. The zero-order chi connectivity index (χ0) is 37.4. The van der Waals surface area contributed by atoms with E-state index in [9.17, 15) is 0 Å². The van der Waals surface area contributed by atoms with Crippen LogP contribution in [0, 0.1) is 11.8 Å². The lowest BCUT2D eigenvalue weighted by molar-refractivity contribution is 0.00499. The van der Waals surface area contributed by atoms with Gasteiger partial charge in [-0.15, -0.1) is 0 Å². The molecule has 0 spiro atoms. The van der Waals surface area contributed by atoms with Crippen molar-refractivity contribution >= 4 is 22.7 Å². The maximum absolute atomic E-state index is 5.75. The zero-order valence-corrected chi connectivity index (χ0v) is 31.5. The largest absolute Gasteiger partial charge is 0.494 e. The number of nitrogens with zero attached hydrogens (tertiary/aromatic N) is 4. The Kier molecular flexibility index (Phi) is 18.8. The second kappa shape index (κ2) is 24.4. The molecule has 0 radical (unpaired) electrons. The SMILES string of the molecule is CC(C)CCOc1ccc(N=Nc2ccc(OCCOCCOCCOCCOc3ccc(N=Nc4ccc(OCCC(C)C)cc4)cc3)cc2)cc1. The molecule has 11 nitrogen and oxygen atoms in total. The fourth-order valence-electron chi connectivity index (χ4n) is 4.47. The highest BCUT2D eigenvalue weighted by atomic mass is 16.6. The van der Waals surface area contributed by atoms with Crippen molar-refractivity contribution in [3.63, 3.8) is 0 Å². The van der Waals surface area contributed by atoms with Crippen molar-refractivity contribution in [2.45, 2.75) is 40.5 Å². The van der Waals surface area contributed by atoms with Gasteiger partial charge in [0, 0.05) is 0 Å². The maximum atomic E-state index is 5.75. The van der Waals surface area contributed by atoms with Crippen LogP contribution in [0.15, 0.2) is 118 Å². The first-order chi connectivity index (χ1) is 25.9. The van der Waals surface area contributed by atoms with Crippen molar-refractivity contribution in [1.82, 2.24) is 0 Å². The first-order valence-electron chi connectivity index (χ1n) is 18.4. The summed E-state index contributed by atoms with van der Waals surface area (Å²) < 4.78 is 39.8. The van der Waals surface area contributed by atoms with Crippen LogP contribution in [-0.2, 0) is 14.2 Å². The first kappa shape index (κ1) is 40.9. The smallest absolute Gasteiger partial charge is 0.119 e. The third-order valence-corrected chi connectivity index (χ3v) is 7.57. The molecule has 4 aromatic rings. The van der Waals surface area contributed by atoms with Crippen LogP contribution in [0.1, 0.15) is 40.5 Å². The number of benzene rings is 4. The van der Waals surface area contributed by atoms with Crippen molar-refractivity contribution in [2.75, 3.05) is 66.1 Å². The van der Waals surface area contributed by atoms with Crippen molar-refractivity contribution in [3.05, 3.63) is 97.1 Å². The molecule has 0 heterocycles. The van der Waals surface area contributed by atoms with E-state index >= 15 is 0 Å². The molecule has 4 aromatic carbocycles. The molecule has 0 bridgehead atoms. The van der Waals surface area contributed by atoms with Crippen molar-refractivity contribution in [2.24, 2.45) is 32.3 Å². The molecule has 0 fully saturated rings. The van der Waals surface area contributed by atoms with E-state index in [1.807, 2.05) is 97.1 Å². The van der Waals surface area contributed by atoms with Crippen molar-refractivity contribution in [3.8, 4) is 23.0 Å². The summed E-state index contributed by atoms with van der Waals surface area (Å²) in [6.45, 7) is 13.9. The molecule has 0 aliphatic heterocycles. The third-order valence-electron chi connectivity index (χ3n) is 7.57.